The Morgan fingerprint density at radius 2 is 0.981 bits per heavy atom. The van der Waals surface area contributed by atoms with Crippen molar-refractivity contribution in [3.05, 3.63) is 182 Å². The van der Waals surface area contributed by atoms with Gasteiger partial charge in [-0.3, -0.25) is 0 Å². The van der Waals surface area contributed by atoms with Crippen LogP contribution in [-0.2, 0) is 0 Å². The van der Waals surface area contributed by atoms with Gasteiger partial charge < -0.3 is 13.7 Å². The summed E-state index contributed by atoms with van der Waals surface area (Å²) in [5.41, 5.74) is 9.59. The van der Waals surface area contributed by atoms with Crippen molar-refractivity contribution in [3.8, 4) is 22.6 Å². The molecule has 2 heterocycles. The number of hydrogen-bond acceptors (Lipinski definition) is 4. The van der Waals surface area contributed by atoms with E-state index in [1.165, 1.54) is 32.7 Å². The first-order valence-electron chi connectivity index (χ1n) is 17.9. The molecular formula is C49H30N2O2. The van der Waals surface area contributed by atoms with Gasteiger partial charge in [0.15, 0.2) is 5.58 Å². The summed E-state index contributed by atoms with van der Waals surface area (Å²) in [5.74, 6) is 0.581. The topological polar surface area (TPSA) is 42.4 Å². The van der Waals surface area contributed by atoms with Crippen molar-refractivity contribution in [3.63, 3.8) is 0 Å². The fourth-order valence-corrected chi connectivity index (χ4v) is 7.79. The summed E-state index contributed by atoms with van der Waals surface area (Å²) in [6.45, 7) is 0. The first-order chi connectivity index (χ1) is 26.2. The van der Waals surface area contributed by atoms with Crippen LogP contribution in [0.4, 0.5) is 17.1 Å². The monoisotopic (exact) mass is 678 g/mol. The van der Waals surface area contributed by atoms with E-state index in [-0.39, 0.29) is 0 Å². The molecule has 0 aliphatic carbocycles. The van der Waals surface area contributed by atoms with Crippen LogP contribution < -0.4 is 4.90 Å². The molecule has 0 saturated carbocycles. The van der Waals surface area contributed by atoms with E-state index in [2.05, 4.69) is 163 Å². The third kappa shape index (κ3) is 4.95. The predicted octanol–water partition coefficient (Wildman–Crippen LogP) is 14.0. The summed E-state index contributed by atoms with van der Waals surface area (Å²) in [6.07, 6.45) is 0. The zero-order valence-electron chi connectivity index (χ0n) is 28.5. The fourth-order valence-electron chi connectivity index (χ4n) is 7.79. The number of hydrogen-bond donors (Lipinski definition) is 0. The lowest BCUT2D eigenvalue weighted by Gasteiger charge is -2.26. The standard InChI is InChI=1S/C49H30N2O2/c1-3-10-34-26-38(17-16-31(34)8-1)33-18-21-39(22-19-33)51(40-23-20-32-9-2-4-11-35(32)27-40)41-24-25-42-46(30-41)52-45-15-7-14-43(48(42)45)49-50-44-28-36-12-5-6-13-37(36)29-47(44)53-49/h1-30H. The number of nitrogens with zero attached hydrogens (tertiary/aromatic N) is 2. The van der Waals surface area contributed by atoms with E-state index in [0.29, 0.717) is 5.89 Å². The molecule has 53 heavy (non-hydrogen) atoms. The van der Waals surface area contributed by atoms with Crippen LogP contribution in [0.15, 0.2) is 191 Å². The Balaban J connectivity index is 1.04. The highest BCUT2D eigenvalue weighted by Crippen LogP contribution is 2.42. The molecular weight excluding hydrogens is 649 g/mol. The van der Waals surface area contributed by atoms with Crippen LogP contribution >= 0.6 is 0 Å². The van der Waals surface area contributed by atoms with E-state index in [9.17, 15) is 0 Å². The lowest BCUT2D eigenvalue weighted by atomic mass is 10.0. The van der Waals surface area contributed by atoms with Gasteiger partial charge >= 0.3 is 0 Å². The number of anilines is 3. The van der Waals surface area contributed by atoms with Crippen LogP contribution in [0, 0.1) is 0 Å². The van der Waals surface area contributed by atoms with Gasteiger partial charge in [-0.05, 0) is 110 Å². The van der Waals surface area contributed by atoms with Gasteiger partial charge in [0, 0.05) is 39.5 Å². The van der Waals surface area contributed by atoms with Gasteiger partial charge in [0.1, 0.15) is 16.7 Å². The van der Waals surface area contributed by atoms with Crippen LogP contribution in [0.2, 0.25) is 0 Å². The minimum atomic E-state index is 0.581. The van der Waals surface area contributed by atoms with E-state index >= 15 is 0 Å². The molecule has 0 fully saturated rings. The number of benzene rings is 9. The second kappa shape index (κ2) is 11.7. The molecule has 0 aliphatic heterocycles. The van der Waals surface area contributed by atoms with Crippen LogP contribution in [0.3, 0.4) is 0 Å². The SMILES string of the molecule is c1ccc2cc(-c3ccc(N(c4ccc5ccccc5c4)c4ccc5c(c4)oc4cccc(-c6nc7cc8ccccc8cc7o6)c45)cc3)ccc2c1. The zero-order chi connectivity index (χ0) is 34.9. The number of aromatic nitrogens is 1. The van der Waals surface area contributed by atoms with E-state index < -0.39 is 0 Å². The second-order valence-electron chi connectivity index (χ2n) is 13.6. The Bertz CT molecular complexity index is 3140. The molecule has 0 saturated heterocycles. The van der Waals surface area contributed by atoms with Gasteiger partial charge in [-0.25, -0.2) is 4.98 Å². The van der Waals surface area contributed by atoms with Crippen LogP contribution in [0.1, 0.15) is 0 Å². The van der Waals surface area contributed by atoms with Gasteiger partial charge in [0.2, 0.25) is 5.89 Å². The van der Waals surface area contributed by atoms with Crippen molar-refractivity contribution in [2.75, 3.05) is 4.90 Å². The molecule has 11 aromatic rings. The molecule has 4 heteroatoms. The number of furan rings is 1. The van der Waals surface area contributed by atoms with Crippen molar-refractivity contribution >= 4 is 82.4 Å². The normalized spacial score (nSPS) is 11.8. The van der Waals surface area contributed by atoms with Crippen LogP contribution in [-0.4, -0.2) is 4.98 Å². The Morgan fingerprint density at radius 1 is 0.377 bits per heavy atom. The molecule has 4 nitrogen and oxygen atoms in total. The maximum Gasteiger partial charge on any atom is 0.228 e. The Morgan fingerprint density at radius 3 is 1.75 bits per heavy atom. The van der Waals surface area contributed by atoms with Crippen LogP contribution in [0.25, 0.3) is 87.9 Å². The summed E-state index contributed by atoms with van der Waals surface area (Å²) in [6, 6.07) is 64.1. The predicted molar refractivity (Wildman–Crippen MR) is 219 cm³/mol. The highest BCUT2D eigenvalue weighted by molar-refractivity contribution is 6.13. The maximum atomic E-state index is 6.60. The molecule has 0 aliphatic rings. The molecule has 0 bridgehead atoms. The molecule has 0 atom stereocenters. The molecule has 9 aromatic carbocycles. The minimum absolute atomic E-state index is 0.581. The van der Waals surface area contributed by atoms with E-state index in [0.717, 1.165) is 66.4 Å². The number of fused-ring (bicyclic) bond motifs is 7. The van der Waals surface area contributed by atoms with Gasteiger partial charge in [0.05, 0.1) is 0 Å². The summed E-state index contributed by atoms with van der Waals surface area (Å²) in [4.78, 5) is 7.25. The van der Waals surface area contributed by atoms with Crippen molar-refractivity contribution in [1.29, 1.82) is 0 Å². The molecule has 248 valence electrons. The maximum absolute atomic E-state index is 6.60. The van der Waals surface area contributed by atoms with Crippen molar-refractivity contribution in [2.24, 2.45) is 0 Å². The number of rotatable bonds is 5. The first-order valence-corrected chi connectivity index (χ1v) is 17.9. The second-order valence-corrected chi connectivity index (χ2v) is 13.6. The molecule has 0 spiro atoms. The number of oxazole rings is 1. The highest BCUT2D eigenvalue weighted by Gasteiger charge is 2.20. The Kier molecular flexibility index (Phi) is 6.52. The average Bonchev–Trinajstić information content (AvgIpc) is 3.81. The summed E-state index contributed by atoms with van der Waals surface area (Å²) in [5, 5.41) is 9.13. The molecule has 0 amide bonds. The lowest BCUT2D eigenvalue weighted by Crippen LogP contribution is -2.09. The highest BCUT2D eigenvalue weighted by atomic mass is 16.3. The summed E-state index contributed by atoms with van der Waals surface area (Å²) >= 11 is 0. The average molecular weight is 679 g/mol. The quantitative estimate of drug-likeness (QED) is 0.182. The van der Waals surface area contributed by atoms with Gasteiger partial charge in [-0.2, -0.15) is 0 Å². The molecule has 11 rings (SSSR count). The van der Waals surface area contributed by atoms with Gasteiger partial charge in [0.25, 0.3) is 0 Å². The van der Waals surface area contributed by atoms with Gasteiger partial charge in [-0.15, -0.1) is 0 Å². The van der Waals surface area contributed by atoms with E-state index in [1.54, 1.807) is 0 Å². The minimum Gasteiger partial charge on any atom is -0.456 e. The Hall–Kier alpha value is -7.17. The van der Waals surface area contributed by atoms with Crippen molar-refractivity contribution in [2.45, 2.75) is 0 Å². The van der Waals surface area contributed by atoms with E-state index in [4.69, 9.17) is 13.8 Å². The Labute approximate surface area is 304 Å². The van der Waals surface area contributed by atoms with Crippen molar-refractivity contribution < 1.29 is 8.83 Å². The molecule has 2 aromatic heterocycles. The summed E-state index contributed by atoms with van der Waals surface area (Å²) in [7, 11) is 0. The first kappa shape index (κ1) is 29.5. The lowest BCUT2D eigenvalue weighted by molar-refractivity contribution is 0.620. The molecule has 0 radical (unpaired) electrons. The molecule has 0 unspecified atom stereocenters. The van der Waals surface area contributed by atoms with Crippen molar-refractivity contribution in [1.82, 2.24) is 4.98 Å². The zero-order valence-corrected chi connectivity index (χ0v) is 28.5. The summed E-state index contributed by atoms with van der Waals surface area (Å²) < 4.78 is 13.0. The third-order valence-corrected chi connectivity index (χ3v) is 10.4. The van der Waals surface area contributed by atoms with Gasteiger partial charge in [-0.1, -0.05) is 109 Å². The largest absolute Gasteiger partial charge is 0.456 e. The fraction of sp³-hybridized carbons (Fsp3) is 0. The molecule has 0 N–H and O–H groups in total. The van der Waals surface area contributed by atoms with E-state index in [1.807, 2.05) is 24.3 Å². The third-order valence-electron chi connectivity index (χ3n) is 10.4. The smallest absolute Gasteiger partial charge is 0.228 e. The van der Waals surface area contributed by atoms with Crippen LogP contribution in [0.5, 0.6) is 0 Å².